The van der Waals surface area contributed by atoms with Crippen molar-refractivity contribution in [2.45, 2.75) is 12.2 Å². The van der Waals surface area contributed by atoms with E-state index in [1.807, 2.05) is 0 Å². The summed E-state index contributed by atoms with van der Waals surface area (Å²) >= 11 is 0. The zero-order valence-electron chi connectivity index (χ0n) is 7.62. The lowest BCUT2D eigenvalue weighted by Gasteiger charge is -2.23. The van der Waals surface area contributed by atoms with E-state index in [0.29, 0.717) is 11.3 Å². The van der Waals surface area contributed by atoms with E-state index in [2.05, 4.69) is 5.43 Å². The first kappa shape index (κ1) is 10.3. The monoisotopic (exact) mass is 218 g/mol. The molecule has 0 radical (unpaired) electrons. The Kier molecular flexibility index (Phi) is 2.32. The van der Waals surface area contributed by atoms with Crippen LogP contribution in [0.15, 0.2) is 35.7 Å². The lowest BCUT2D eigenvalue weighted by molar-refractivity contribution is -0.148. The van der Waals surface area contributed by atoms with Crippen molar-refractivity contribution in [1.82, 2.24) is 10.4 Å². The highest BCUT2D eigenvalue weighted by Gasteiger charge is 2.43. The molecule has 0 amide bonds. The summed E-state index contributed by atoms with van der Waals surface area (Å²) in [7, 11) is 0. The summed E-state index contributed by atoms with van der Waals surface area (Å²) in [6.07, 6.45) is 1.39. The van der Waals surface area contributed by atoms with Crippen LogP contribution in [0.1, 0.15) is 0 Å². The minimum atomic E-state index is -4.32. The zero-order valence-corrected chi connectivity index (χ0v) is 7.62. The zero-order chi connectivity index (χ0) is 11.1. The van der Waals surface area contributed by atoms with Gasteiger partial charge in [-0.15, -0.1) is 0 Å². The van der Waals surface area contributed by atoms with Crippen LogP contribution in [0.4, 0.5) is 13.2 Å². The van der Waals surface area contributed by atoms with Gasteiger partial charge in [0.05, 0.1) is 12.3 Å². The maximum atomic E-state index is 12.4. The number of nitrogens with zero attached hydrogens (tertiary/aromatic N) is 1. The van der Waals surface area contributed by atoms with Crippen molar-refractivity contribution in [2.75, 3.05) is 6.61 Å². The Morgan fingerprint density at radius 2 is 2.20 bits per heavy atom. The highest BCUT2D eigenvalue weighted by Crippen LogP contribution is 2.31. The second kappa shape index (κ2) is 3.39. The molecule has 0 fully saturated rings. The van der Waals surface area contributed by atoms with Crippen molar-refractivity contribution in [1.29, 1.82) is 0 Å². The predicted octanol–water partition coefficient (Wildman–Crippen LogP) is 1.07. The van der Waals surface area contributed by atoms with Crippen molar-refractivity contribution in [2.24, 2.45) is 0 Å². The van der Waals surface area contributed by atoms with Crippen molar-refractivity contribution in [3.63, 3.8) is 0 Å². The maximum absolute atomic E-state index is 12.4. The summed E-state index contributed by atoms with van der Waals surface area (Å²) in [4.78, 5) is 0. The fourth-order valence-electron chi connectivity index (χ4n) is 1.51. The minimum absolute atomic E-state index is 0.279. The Balaban J connectivity index is 2.27. The average molecular weight is 218 g/mol. The molecule has 2 rings (SSSR count). The van der Waals surface area contributed by atoms with Crippen LogP contribution in [-0.4, -0.2) is 28.9 Å². The van der Waals surface area contributed by atoms with Crippen LogP contribution >= 0.6 is 0 Å². The summed E-state index contributed by atoms with van der Waals surface area (Å²) in [5, 5.41) is 10.2. The Labute approximate surface area is 84.1 Å². The third-order valence-corrected chi connectivity index (χ3v) is 2.25. The average Bonchev–Trinajstić information content (AvgIpc) is 2.59. The number of allylic oxidation sites excluding steroid dienone is 2. The highest BCUT2D eigenvalue weighted by atomic mass is 19.4. The largest absolute Gasteiger partial charge is 0.409 e. The molecule has 0 aromatic heterocycles. The standard InChI is InChI=1S/C9H9F3N2O/c10-9(11,12)8-4-7-6(5-15)2-1-3-14(7)13-8/h1-4,8,13,15H,5H2. The van der Waals surface area contributed by atoms with Gasteiger partial charge in [0.25, 0.3) is 0 Å². The third kappa shape index (κ3) is 1.78. The smallest absolute Gasteiger partial charge is 0.392 e. The van der Waals surface area contributed by atoms with E-state index >= 15 is 0 Å². The Hall–Kier alpha value is -1.27. The summed E-state index contributed by atoms with van der Waals surface area (Å²) in [6.45, 7) is -0.279. The van der Waals surface area contributed by atoms with E-state index in [-0.39, 0.29) is 6.61 Å². The molecule has 1 atom stereocenters. The molecule has 0 bridgehead atoms. The molecule has 0 aromatic carbocycles. The van der Waals surface area contributed by atoms with Crippen molar-refractivity contribution in [3.8, 4) is 0 Å². The molecular formula is C9H9F3N2O. The SMILES string of the molecule is OCC1=CC=CN2NC(C(F)(F)F)C=C12. The van der Waals surface area contributed by atoms with Gasteiger partial charge in [-0.3, -0.25) is 5.01 Å². The number of alkyl halides is 3. The first-order valence-corrected chi connectivity index (χ1v) is 4.35. The molecule has 0 aliphatic carbocycles. The van der Waals surface area contributed by atoms with Gasteiger partial charge in [0.1, 0.15) is 6.04 Å². The number of aliphatic hydroxyl groups is 1. The predicted molar refractivity (Wildman–Crippen MR) is 47.2 cm³/mol. The molecule has 0 saturated heterocycles. The number of fused-ring (bicyclic) bond motifs is 1. The van der Waals surface area contributed by atoms with Crippen LogP contribution in [0.3, 0.4) is 0 Å². The highest BCUT2D eigenvalue weighted by molar-refractivity contribution is 5.40. The van der Waals surface area contributed by atoms with E-state index in [0.717, 1.165) is 6.08 Å². The first-order chi connectivity index (χ1) is 7.02. The molecule has 15 heavy (non-hydrogen) atoms. The molecule has 2 aliphatic heterocycles. The van der Waals surface area contributed by atoms with Gasteiger partial charge in [0, 0.05) is 11.8 Å². The van der Waals surface area contributed by atoms with Gasteiger partial charge >= 0.3 is 6.18 Å². The number of nitrogens with one attached hydrogen (secondary N) is 1. The molecule has 2 aliphatic rings. The van der Waals surface area contributed by atoms with Gasteiger partial charge in [0.15, 0.2) is 0 Å². The van der Waals surface area contributed by atoms with Crippen LogP contribution in [0.2, 0.25) is 0 Å². The van der Waals surface area contributed by atoms with Crippen molar-refractivity contribution < 1.29 is 18.3 Å². The lowest BCUT2D eigenvalue weighted by atomic mass is 10.1. The van der Waals surface area contributed by atoms with Gasteiger partial charge in [-0.2, -0.15) is 13.2 Å². The van der Waals surface area contributed by atoms with Crippen LogP contribution in [-0.2, 0) is 0 Å². The van der Waals surface area contributed by atoms with Gasteiger partial charge < -0.3 is 5.11 Å². The van der Waals surface area contributed by atoms with Gasteiger partial charge in [-0.1, -0.05) is 6.08 Å². The van der Waals surface area contributed by atoms with E-state index in [1.54, 1.807) is 12.2 Å². The summed E-state index contributed by atoms with van der Waals surface area (Å²) in [5.41, 5.74) is 3.11. The van der Waals surface area contributed by atoms with Crippen molar-refractivity contribution in [3.05, 3.63) is 35.7 Å². The molecular weight excluding hydrogens is 209 g/mol. The fourth-order valence-corrected chi connectivity index (χ4v) is 1.51. The molecule has 6 heteroatoms. The van der Waals surface area contributed by atoms with Gasteiger partial charge in [-0.25, -0.2) is 5.43 Å². The Morgan fingerprint density at radius 1 is 1.47 bits per heavy atom. The van der Waals surface area contributed by atoms with E-state index in [1.165, 1.54) is 11.2 Å². The molecule has 2 heterocycles. The first-order valence-electron chi connectivity index (χ1n) is 4.35. The number of hydrazine groups is 1. The quantitative estimate of drug-likeness (QED) is 0.691. The third-order valence-electron chi connectivity index (χ3n) is 2.25. The molecule has 0 aromatic rings. The summed E-state index contributed by atoms with van der Waals surface area (Å²) in [5.74, 6) is 0. The van der Waals surface area contributed by atoms with Crippen LogP contribution in [0, 0.1) is 0 Å². The minimum Gasteiger partial charge on any atom is -0.392 e. The number of halogens is 3. The number of hydrogen-bond acceptors (Lipinski definition) is 3. The Bertz CT molecular complexity index is 357. The second-order valence-corrected chi connectivity index (χ2v) is 3.26. The van der Waals surface area contributed by atoms with Crippen molar-refractivity contribution >= 4 is 0 Å². The topological polar surface area (TPSA) is 35.5 Å². The second-order valence-electron chi connectivity index (χ2n) is 3.26. The summed E-state index contributed by atoms with van der Waals surface area (Å²) in [6, 6.07) is -1.69. The molecule has 3 nitrogen and oxygen atoms in total. The number of aliphatic hydroxyl groups excluding tert-OH is 1. The molecule has 82 valence electrons. The number of rotatable bonds is 1. The molecule has 0 spiro atoms. The molecule has 2 N–H and O–H groups in total. The van der Waals surface area contributed by atoms with E-state index in [4.69, 9.17) is 5.11 Å². The maximum Gasteiger partial charge on any atom is 0.409 e. The van der Waals surface area contributed by atoms with Crippen LogP contribution < -0.4 is 5.43 Å². The normalized spacial score (nSPS) is 25.1. The van der Waals surface area contributed by atoms with E-state index < -0.39 is 12.2 Å². The number of hydrogen-bond donors (Lipinski definition) is 2. The van der Waals surface area contributed by atoms with Crippen LogP contribution in [0.5, 0.6) is 0 Å². The Morgan fingerprint density at radius 3 is 2.80 bits per heavy atom. The van der Waals surface area contributed by atoms with Gasteiger partial charge in [0.2, 0.25) is 0 Å². The molecule has 1 unspecified atom stereocenters. The fraction of sp³-hybridized carbons (Fsp3) is 0.333. The van der Waals surface area contributed by atoms with E-state index in [9.17, 15) is 13.2 Å². The van der Waals surface area contributed by atoms with Crippen LogP contribution in [0.25, 0.3) is 0 Å². The van der Waals surface area contributed by atoms with Gasteiger partial charge in [-0.05, 0) is 12.2 Å². The summed E-state index contributed by atoms with van der Waals surface area (Å²) < 4.78 is 37.2. The molecule has 0 saturated carbocycles. The lowest BCUT2D eigenvalue weighted by Crippen LogP contribution is -2.42.